The van der Waals surface area contributed by atoms with Crippen LogP contribution in [0, 0.1) is 0 Å². The van der Waals surface area contributed by atoms with Crippen molar-refractivity contribution in [3.05, 3.63) is 53.7 Å². The Bertz CT molecular complexity index is 466. The van der Waals surface area contributed by atoms with Gasteiger partial charge >= 0.3 is 0 Å². The van der Waals surface area contributed by atoms with Crippen LogP contribution in [0.4, 0.5) is 0 Å². The molecule has 0 aliphatic rings. The number of hydrogen-bond donors (Lipinski definition) is 0. The molecule has 3 heteroatoms. The summed E-state index contributed by atoms with van der Waals surface area (Å²) in [7, 11) is 0. The molecule has 2 atom stereocenters. The summed E-state index contributed by atoms with van der Waals surface area (Å²) in [5, 5.41) is 0. The highest BCUT2D eigenvalue weighted by atomic mass is 79.9. The van der Waals surface area contributed by atoms with Crippen LogP contribution < -0.4 is 0 Å². The zero-order valence-corrected chi connectivity index (χ0v) is 11.6. The van der Waals surface area contributed by atoms with Crippen molar-refractivity contribution in [1.29, 1.82) is 0 Å². The van der Waals surface area contributed by atoms with Gasteiger partial charge in [-0.15, -0.1) is 0 Å². The van der Waals surface area contributed by atoms with E-state index in [-0.39, 0.29) is 4.83 Å². The lowest BCUT2D eigenvalue weighted by Gasteiger charge is -2.16. The summed E-state index contributed by atoms with van der Waals surface area (Å²) in [6.07, 6.45) is 4.58. The van der Waals surface area contributed by atoms with E-state index < -0.39 is 0 Å². The van der Waals surface area contributed by atoms with E-state index in [1.807, 2.05) is 30.6 Å². The number of hydrogen-bond acceptors (Lipinski definition) is 2. The van der Waals surface area contributed by atoms with E-state index in [0.717, 1.165) is 17.9 Å². The van der Waals surface area contributed by atoms with Crippen molar-refractivity contribution in [3.8, 4) is 0 Å². The Kier molecular flexibility index (Phi) is 4.00. The highest BCUT2D eigenvalue weighted by molar-refractivity contribution is 9.09. The molecule has 17 heavy (non-hydrogen) atoms. The lowest BCUT2D eigenvalue weighted by atomic mass is 9.98. The number of pyridine rings is 1. The molecule has 0 saturated heterocycles. The summed E-state index contributed by atoms with van der Waals surface area (Å²) in [6, 6.07) is 8.18. The zero-order valence-electron chi connectivity index (χ0n) is 10.1. The van der Waals surface area contributed by atoms with Gasteiger partial charge in [0.25, 0.3) is 0 Å². The lowest BCUT2D eigenvalue weighted by molar-refractivity contribution is 0.456. The van der Waals surface area contributed by atoms with Gasteiger partial charge in [-0.1, -0.05) is 29.8 Å². The monoisotopic (exact) mass is 293 g/mol. The molecule has 0 radical (unpaired) electrons. The summed E-state index contributed by atoms with van der Waals surface area (Å²) in [5.74, 6) is 2.38. The number of aryl methyl sites for hydroxylation is 1. The van der Waals surface area contributed by atoms with E-state index >= 15 is 0 Å². The number of halogens is 1. The zero-order chi connectivity index (χ0) is 12.3. The second-order valence-electron chi connectivity index (χ2n) is 4.13. The third kappa shape index (κ3) is 2.78. The predicted molar refractivity (Wildman–Crippen MR) is 72.4 cm³/mol. The second-order valence-corrected chi connectivity index (χ2v) is 5.12. The molecule has 0 saturated carbocycles. The van der Waals surface area contributed by atoms with Crippen molar-refractivity contribution in [2.24, 2.45) is 0 Å². The van der Waals surface area contributed by atoms with Crippen molar-refractivity contribution in [2.45, 2.75) is 31.0 Å². The highest BCUT2D eigenvalue weighted by Crippen LogP contribution is 2.38. The van der Waals surface area contributed by atoms with Gasteiger partial charge in [0.15, 0.2) is 0 Å². The normalized spacial score (nSPS) is 14.5. The second kappa shape index (κ2) is 5.50. The van der Waals surface area contributed by atoms with E-state index in [9.17, 15) is 0 Å². The van der Waals surface area contributed by atoms with Crippen molar-refractivity contribution < 1.29 is 4.42 Å². The van der Waals surface area contributed by atoms with E-state index in [1.54, 1.807) is 0 Å². The van der Waals surface area contributed by atoms with Gasteiger partial charge in [-0.2, -0.15) is 0 Å². The smallest absolute Gasteiger partial charge is 0.118 e. The Morgan fingerprint density at radius 3 is 2.53 bits per heavy atom. The van der Waals surface area contributed by atoms with E-state index in [0.29, 0.717) is 5.92 Å². The molecule has 0 spiro atoms. The molecular formula is C14H16BrNO. The van der Waals surface area contributed by atoms with Gasteiger partial charge < -0.3 is 4.42 Å². The van der Waals surface area contributed by atoms with Gasteiger partial charge in [0.1, 0.15) is 11.5 Å². The molecule has 90 valence electrons. The van der Waals surface area contributed by atoms with Crippen LogP contribution in [0.15, 0.2) is 41.1 Å². The molecule has 0 amide bonds. The third-order valence-electron chi connectivity index (χ3n) is 2.97. The summed E-state index contributed by atoms with van der Waals surface area (Å²) >= 11 is 3.72. The Morgan fingerprint density at radius 1 is 1.24 bits per heavy atom. The topological polar surface area (TPSA) is 26.0 Å². The lowest BCUT2D eigenvalue weighted by Crippen LogP contribution is -2.01. The molecule has 2 heterocycles. The minimum absolute atomic E-state index is 0.199. The van der Waals surface area contributed by atoms with Crippen LogP contribution in [0.2, 0.25) is 0 Å². The molecule has 0 aliphatic heterocycles. The summed E-state index contributed by atoms with van der Waals surface area (Å²) in [5.41, 5.74) is 1.26. The van der Waals surface area contributed by atoms with Gasteiger partial charge in [-0.05, 0) is 29.8 Å². The number of aromatic nitrogens is 1. The highest BCUT2D eigenvalue weighted by Gasteiger charge is 2.20. The Morgan fingerprint density at radius 2 is 1.94 bits per heavy atom. The van der Waals surface area contributed by atoms with Crippen molar-refractivity contribution in [1.82, 2.24) is 4.98 Å². The number of rotatable bonds is 4. The fourth-order valence-electron chi connectivity index (χ4n) is 1.82. The fourth-order valence-corrected chi connectivity index (χ4v) is 2.37. The fraction of sp³-hybridized carbons (Fsp3) is 0.357. The molecule has 0 N–H and O–H groups in total. The van der Waals surface area contributed by atoms with Crippen LogP contribution in [-0.4, -0.2) is 4.98 Å². The van der Waals surface area contributed by atoms with Crippen molar-refractivity contribution in [3.63, 3.8) is 0 Å². The quantitative estimate of drug-likeness (QED) is 0.777. The summed E-state index contributed by atoms with van der Waals surface area (Å²) in [4.78, 5) is 4.24. The average Bonchev–Trinajstić information content (AvgIpc) is 2.87. The number of nitrogens with zero attached hydrogens (tertiary/aromatic N) is 1. The van der Waals surface area contributed by atoms with Crippen molar-refractivity contribution >= 4 is 15.9 Å². The molecular weight excluding hydrogens is 278 g/mol. The molecule has 2 aromatic heterocycles. The first-order chi connectivity index (χ1) is 8.22. The molecule has 0 bridgehead atoms. The van der Waals surface area contributed by atoms with Crippen LogP contribution in [0.1, 0.15) is 41.7 Å². The molecule has 0 aromatic carbocycles. The SMILES string of the molecule is CCc1ccc(C(Br)C(C)c2ccncc2)o1. The molecule has 0 aliphatic carbocycles. The standard InChI is InChI=1S/C14H16BrNO/c1-3-12-4-5-13(17-12)14(15)10(2)11-6-8-16-9-7-11/h4-10,14H,3H2,1-2H3. The number of furan rings is 1. The van der Waals surface area contributed by atoms with Gasteiger partial charge in [0.2, 0.25) is 0 Å². The average molecular weight is 294 g/mol. The maximum absolute atomic E-state index is 5.77. The first-order valence-corrected chi connectivity index (χ1v) is 6.76. The van der Waals surface area contributed by atoms with E-state index in [4.69, 9.17) is 4.42 Å². The van der Waals surface area contributed by atoms with Crippen LogP contribution in [0.5, 0.6) is 0 Å². The van der Waals surface area contributed by atoms with Crippen LogP contribution in [-0.2, 0) is 6.42 Å². The molecule has 2 rings (SSSR count). The van der Waals surface area contributed by atoms with Gasteiger partial charge in [0.05, 0.1) is 4.83 Å². The Balaban J connectivity index is 2.17. The predicted octanol–water partition coefficient (Wildman–Crippen LogP) is 4.48. The van der Waals surface area contributed by atoms with Crippen molar-refractivity contribution in [2.75, 3.05) is 0 Å². The van der Waals surface area contributed by atoms with Crippen LogP contribution in [0.3, 0.4) is 0 Å². The van der Waals surface area contributed by atoms with Gasteiger partial charge in [-0.3, -0.25) is 4.98 Å². The Labute approximate surface area is 110 Å². The summed E-state index contributed by atoms with van der Waals surface area (Å²) in [6.45, 7) is 4.28. The first-order valence-electron chi connectivity index (χ1n) is 5.85. The van der Waals surface area contributed by atoms with Crippen LogP contribution >= 0.6 is 15.9 Å². The van der Waals surface area contributed by atoms with Gasteiger partial charge in [-0.25, -0.2) is 0 Å². The maximum Gasteiger partial charge on any atom is 0.118 e. The third-order valence-corrected chi connectivity index (χ3v) is 4.22. The maximum atomic E-state index is 5.77. The minimum Gasteiger partial charge on any atom is -0.465 e. The molecule has 0 fully saturated rings. The minimum atomic E-state index is 0.199. The largest absolute Gasteiger partial charge is 0.465 e. The number of alkyl halides is 1. The van der Waals surface area contributed by atoms with E-state index in [1.165, 1.54) is 5.56 Å². The molecule has 2 unspecified atom stereocenters. The molecule has 2 aromatic rings. The van der Waals surface area contributed by atoms with E-state index in [2.05, 4.69) is 40.8 Å². The Hall–Kier alpha value is -1.09. The van der Waals surface area contributed by atoms with Gasteiger partial charge in [0, 0.05) is 24.7 Å². The molecule has 2 nitrogen and oxygen atoms in total. The van der Waals surface area contributed by atoms with Crippen LogP contribution in [0.25, 0.3) is 0 Å². The summed E-state index contributed by atoms with van der Waals surface area (Å²) < 4.78 is 5.77. The first kappa shape index (κ1) is 12.4.